The maximum absolute atomic E-state index is 12.8. The van der Waals surface area contributed by atoms with Crippen molar-refractivity contribution in [3.8, 4) is 17.2 Å². The number of amides is 2. The molecule has 0 aliphatic carbocycles. The van der Waals surface area contributed by atoms with Gasteiger partial charge in [0.2, 0.25) is 12.7 Å². The molecule has 2 aliphatic heterocycles. The minimum absolute atomic E-state index is 0.00293. The van der Waals surface area contributed by atoms with E-state index < -0.39 is 0 Å². The largest absolute Gasteiger partial charge is 0.494 e. The van der Waals surface area contributed by atoms with Crippen LogP contribution >= 0.6 is 0 Å². The lowest BCUT2D eigenvalue weighted by Crippen LogP contribution is -2.50. The molecule has 1 fully saturated rings. The van der Waals surface area contributed by atoms with Crippen LogP contribution < -0.4 is 19.5 Å². The molecule has 2 aliphatic rings. The Bertz CT molecular complexity index is 970. The molecular weight excluding hydrogens is 414 g/mol. The Morgan fingerprint density at radius 3 is 2.34 bits per heavy atom. The molecule has 0 aromatic heterocycles. The fourth-order valence-corrected chi connectivity index (χ4v) is 3.78. The van der Waals surface area contributed by atoms with Gasteiger partial charge >= 0.3 is 0 Å². The number of nitrogens with zero attached hydrogens (tertiary/aromatic N) is 2. The smallest absolute Gasteiger partial charge is 0.253 e. The van der Waals surface area contributed by atoms with Crippen molar-refractivity contribution in [2.45, 2.75) is 6.61 Å². The van der Waals surface area contributed by atoms with Crippen molar-refractivity contribution in [1.29, 1.82) is 0 Å². The van der Waals surface area contributed by atoms with E-state index in [0.717, 1.165) is 5.56 Å². The van der Waals surface area contributed by atoms with Crippen molar-refractivity contribution in [1.82, 2.24) is 9.80 Å². The standard InChI is InChI=1S/C23H27N3O6/c1-29-14-16-3-5-17(6-4-16)23(28)26-9-7-25(8-10-26)13-22(27)24-18-11-20-21(32-15-31-20)12-19(18)30-2/h3-6,11-12H,7-10,13-15H2,1-2H3,(H,24,27). The molecule has 0 unspecified atom stereocenters. The van der Waals surface area contributed by atoms with Gasteiger partial charge in [0.25, 0.3) is 5.91 Å². The molecule has 4 rings (SSSR count). The first-order valence-electron chi connectivity index (χ1n) is 10.4. The second-order valence-electron chi connectivity index (χ2n) is 7.65. The van der Waals surface area contributed by atoms with Crippen molar-refractivity contribution >= 4 is 17.5 Å². The molecular formula is C23H27N3O6. The van der Waals surface area contributed by atoms with Gasteiger partial charge in [-0.25, -0.2) is 0 Å². The molecule has 0 radical (unpaired) electrons. The molecule has 170 valence electrons. The first-order chi connectivity index (χ1) is 15.6. The first kappa shape index (κ1) is 21.9. The zero-order valence-electron chi connectivity index (χ0n) is 18.3. The molecule has 2 heterocycles. The Morgan fingerprint density at radius 2 is 1.69 bits per heavy atom. The fraction of sp³-hybridized carbons (Fsp3) is 0.391. The van der Waals surface area contributed by atoms with Gasteiger partial charge in [-0.3, -0.25) is 14.5 Å². The average Bonchev–Trinajstić information content (AvgIpc) is 3.26. The summed E-state index contributed by atoms with van der Waals surface area (Å²) in [5, 5.41) is 2.88. The van der Waals surface area contributed by atoms with E-state index in [1.165, 1.54) is 7.11 Å². The van der Waals surface area contributed by atoms with E-state index in [0.29, 0.717) is 61.3 Å². The molecule has 0 bridgehead atoms. The average molecular weight is 441 g/mol. The van der Waals surface area contributed by atoms with Crippen LogP contribution in [0.2, 0.25) is 0 Å². The van der Waals surface area contributed by atoms with Crippen molar-refractivity contribution in [3.05, 3.63) is 47.5 Å². The normalized spacial score (nSPS) is 15.5. The lowest BCUT2D eigenvalue weighted by Gasteiger charge is -2.34. The Kier molecular flexibility index (Phi) is 6.77. The van der Waals surface area contributed by atoms with Crippen LogP contribution in [-0.2, 0) is 16.1 Å². The monoisotopic (exact) mass is 441 g/mol. The second kappa shape index (κ2) is 9.88. The van der Waals surface area contributed by atoms with Crippen LogP contribution in [0.4, 0.5) is 5.69 Å². The van der Waals surface area contributed by atoms with Crippen LogP contribution in [0.3, 0.4) is 0 Å². The Hall–Kier alpha value is -3.30. The Morgan fingerprint density at radius 1 is 1.00 bits per heavy atom. The molecule has 1 saturated heterocycles. The number of nitrogens with one attached hydrogen (secondary N) is 1. The van der Waals surface area contributed by atoms with Crippen LogP contribution in [0.1, 0.15) is 15.9 Å². The molecule has 9 nitrogen and oxygen atoms in total. The summed E-state index contributed by atoms with van der Waals surface area (Å²) in [5.74, 6) is 1.52. The predicted octanol–water partition coefficient (Wildman–Crippen LogP) is 1.97. The number of anilines is 1. The van der Waals surface area contributed by atoms with Gasteiger partial charge in [0, 0.05) is 51.0 Å². The number of methoxy groups -OCH3 is 2. The summed E-state index contributed by atoms with van der Waals surface area (Å²) in [6.07, 6.45) is 0. The zero-order chi connectivity index (χ0) is 22.5. The second-order valence-corrected chi connectivity index (χ2v) is 7.65. The first-order valence-corrected chi connectivity index (χ1v) is 10.4. The molecule has 2 amide bonds. The van der Waals surface area contributed by atoms with Crippen LogP contribution in [0, 0.1) is 0 Å². The van der Waals surface area contributed by atoms with Crippen molar-refractivity contribution < 1.29 is 28.5 Å². The predicted molar refractivity (Wildman–Crippen MR) is 117 cm³/mol. The number of piperazine rings is 1. The lowest BCUT2D eigenvalue weighted by atomic mass is 10.1. The van der Waals surface area contributed by atoms with Crippen molar-refractivity contribution in [3.63, 3.8) is 0 Å². The SMILES string of the molecule is COCc1ccc(C(=O)N2CCN(CC(=O)Nc3cc4c(cc3OC)OCO4)CC2)cc1. The number of carbonyl (C=O) groups excluding carboxylic acids is 2. The van der Waals surface area contributed by atoms with E-state index in [-0.39, 0.29) is 25.2 Å². The fourth-order valence-electron chi connectivity index (χ4n) is 3.78. The zero-order valence-corrected chi connectivity index (χ0v) is 18.3. The van der Waals surface area contributed by atoms with E-state index in [1.54, 1.807) is 19.2 Å². The highest BCUT2D eigenvalue weighted by Crippen LogP contribution is 2.40. The highest BCUT2D eigenvalue weighted by atomic mass is 16.7. The number of rotatable bonds is 7. The molecule has 1 N–H and O–H groups in total. The van der Waals surface area contributed by atoms with E-state index in [9.17, 15) is 9.59 Å². The number of hydrogen-bond donors (Lipinski definition) is 1. The quantitative estimate of drug-likeness (QED) is 0.703. The van der Waals surface area contributed by atoms with E-state index in [1.807, 2.05) is 34.1 Å². The van der Waals surface area contributed by atoms with Gasteiger partial charge in [-0.1, -0.05) is 12.1 Å². The maximum Gasteiger partial charge on any atom is 0.253 e. The Labute approximate surface area is 186 Å². The molecule has 32 heavy (non-hydrogen) atoms. The van der Waals surface area contributed by atoms with E-state index >= 15 is 0 Å². The van der Waals surface area contributed by atoms with Crippen molar-refractivity contribution in [2.75, 3.05) is 59.1 Å². The number of benzene rings is 2. The number of hydrogen-bond acceptors (Lipinski definition) is 7. The van der Waals surface area contributed by atoms with Crippen LogP contribution in [0.15, 0.2) is 36.4 Å². The maximum atomic E-state index is 12.8. The lowest BCUT2D eigenvalue weighted by molar-refractivity contribution is -0.117. The summed E-state index contributed by atoms with van der Waals surface area (Å²) >= 11 is 0. The molecule has 2 aromatic carbocycles. The molecule has 0 atom stereocenters. The number of fused-ring (bicyclic) bond motifs is 1. The van der Waals surface area contributed by atoms with Crippen molar-refractivity contribution in [2.24, 2.45) is 0 Å². The van der Waals surface area contributed by atoms with Gasteiger partial charge in [-0.2, -0.15) is 0 Å². The summed E-state index contributed by atoms with van der Waals surface area (Å²) in [6, 6.07) is 10.9. The Balaban J connectivity index is 1.28. The summed E-state index contributed by atoms with van der Waals surface area (Å²) in [7, 11) is 3.18. The van der Waals surface area contributed by atoms with Gasteiger partial charge in [0.1, 0.15) is 5.75 Å². The summed E-state index contributed by atoms with van der Waals surface area (Å²) < 4.78 is 21.2. The minimum Gasteiger partial charge on any atom is -0.494 e. The summed E-state index contributed by atoms with van der Waals surface area (Å²) in [5.41, 5.74) is 2.22. The molecule has 0 spiro atoms. The van der Waals surface area contributed by atoms with Gasteiger partial charge in [0.05, 0.1) is 25.9 Å². The summed E-state index contributed by atoms with van der Waals surface area (Å²) in [6.45, 7) is 3.28. The van der Waals surface area contributed by atoms with Gasteiger partial charge in [-0.05, 0) is 17.7 Å². The van der Waals surface area contributed by atoms with Gasteiger partial charge in [-0.15, -0.1) is 0 Å². The number of carbonyl (C=O) groups is 2. The highest BCUT2D eigenvalue weighted by molar-refractivity contribution is 5.95. The van der Waals surface area contributed by atoms with Crippen LogP contribution in [0.5, 0.6) is 17.2 Å². The van der Waals surface area contributed by atoms with Gasteiger partial charge < -0.3 is 29.2 Å². The summed E-state index contributed by atoms with van der Waals surface area (Å²) in [4.78, 5) is 29.2. The topological polar surface area (TPSA) is 89.6 Å². The molecule has 2 aromatic rings. The number of ether oxygens (including phenoxy) is 4. The third kappa shape index (κ3) is 4.95. The molecule has 9 heteroatoms. The van der Waals surface area contributed by atoms with Crippen LogP contribution in [-0.4, -0.2) is 75.4 Å². The van der Waals surface area contributed by atoms with E-state index in [2.05, 4.69) is 5.32 Å². The van der Waals surface area contributed by atoms with E-state index in [4.69, 9.17) is 18.9 Å². The highest BCUT2D eigenvalue weighted by Gasteiger charge is 2.24. The minimum atomic E-state index is -0.157. The van der Waals surface area contributed by atoms with Crippen LogP contribution in [0.25, 0.3) is 0 Å². The molecule has 0 saturated carbocycles. The third-order valence-corrected chi connectivity index (χ3v) is 5.51. The third-order valence-electron chi connectivity index (χ3n) is 5.51. The van der Waals surface area contributed by atoms with Gasteiger partial charge in [0.15, 0.2) is 11.5 Å².